The molecule has 0 fully saturated rings. The van der Waals surface area contributed by atoms with Gasteiger partial charge in [0, 0.05) is 28.5 Å². The second-order valence-corrected chi connectivity index (χ2v) is 8.66. The lowest BCUT2D eigenvalue weighted by Crippen LogP contribution is -2.15. The summed E-state index contributed by atoms with van der Waals surface area (Å²) < 4.78 is 38.8. The summed E-state index contributed by atoms with van der Waals surface area (Å²) in [4.78, 5) is 20.4. The van der Waals surface area contributed by atoms with E-state index in [-0.39, 0.29) is 18.0 Å². The van der Waals surface area contributed by atoms with Crippen LogP contribution in [0.3, 0.4) is 0 Å². The lowest BCUT2D eigenvalue weighted by Gasteiger charge is -2.11. The first-order chi connectivity index (χ1) is 17.3. The molecule has 0 saturated carbocycles. The third-order valence-electron chi connectivity index (χ3n) is 6.00. The highest BCUT2D eigenvalue weighted by molar-refractivity contribution is 5.92. The maximum absolute atomic E-state index is 12.9. The molecule has 0 aliphatic rings. The fraction of sp³-hybridized carbons (Fsp3) is 0.103. The molecule has 0 radical (unpaired) electrons. The molecular formula is C29H22F3N3O. The molecule has 180 valence electrons. The van der Waals surface area contributed by atoms with E-state index in [1.54, 1.807) is 0 Å². The number of benzene rings is 3. The lowest BCUT2D eigenvalue weighted by molar-refractivity contribution is -0.137. The number of anilines is 1. The third-order valence-corrected chi connectivity index (χ3v) is 6.00. The van der Waals surface area contributed by atoms with E-state index >= 15 is 0 Å². The zero-order valence-electron chi connectivity index (χ0n) is 19.4. The van der Waals surface area contributed by atoms with Crippen molar-refractivity contribution >= 4 is 22.6 Å². The number of hydrogen-bond acceptors (Lipinski definition) is 2. The van der Waals surface area contributed by atoms with Crippen LogP contribution in [-0.4, -0.2) is 15.9 Å². The van der Waals surface area contributed by atoms with Crippen molar-refractivity contribution in [3.8, 4) is 22.4 Å². The van der Waals surface area contributed by atoms with Crippen molar-refractivity contribution in [3.63, 3.8) is 0 Å². The number of nitrogens with zero attached hydrogens (tertiary/aromatic N) is 1. The highest BCUT2D eigenvalue weighted by atomic mass is 19.4. The molecule has 0 saturated heterocycles. The predicted octanol–water partition coefficient (Wildman–Crippen LogP) is 7.41. The summed E-state index contributed by atoms with van der Waals surface area (Å²) in [5.41, 5.74) is 5.89. The average molecular weight is 486 g/mol. The highest BCUT2D eigenvalue weighted by Gasteiger charge is 2.30. The maximum atomic E-state index is 12.9. The van der Waals surface area contributed by atoms with E-state index in [0.717, 1.165) is 56.7 Å². The van der Waals surface area contributed by atoms with Crippen LogP contribution in [0.5, 0.6) is 0 Å². The molecule has 1 amide bonds. The van der Waals surface area contributed by atoms with Gasteiger partial charge in [-0.3, -0.25) is 4.79 Å². The number of amides is 1. The van der Waals surface area contributed by atoms with Gasteiger partial charge in [-0.25, -0.2) is 4.98 Å². The van der Waals surface area contributed by atoms with Crippen LogP contribution >= 0.6 is 0 Å². The minimum absolute atomic E-state index is 0.0485. The zero-order chi connectivity index (χ0) is 25.3. The molecule has 36 heavy (non-hydrogen) atoms. The van der Waals surface area contributed by atoms with Gasteiger partial charge in [0.1, 0.15) is 5.65 Å². The van der Waals surface area contributed by atoms with E-state index in [2.05, 4.69) is 27.4 Å². The van der Waals surface area contributed by atoms with Crippen LogP contribution in [0, 0.1) is 6.92 Å². The van der Waals surface area contributed by atoms with Gasteiger partial charge >= 0.3 is 6.18 Å². The number of alkyl halides is 3. The number of pyridine rings is 1. The van der Waals surface area contributed by atoms with Gasteiger partial charge in [-0.1, -0.05) is 54.6 Å². The molecule has 7 heteroatoms. The van der Waals surface area contributed by atoms with Crippen molar-refractivity contribution in [2.75, 3.05) is 5.32 Å². The SMILES string of the molecule is Cc1cc(CC(=O)Nc2cccc(C(F)(F)F)c2)ccc1-c1cnc2[nH]c(-c3ccccc3)cc2c1. The Labute approximate surface area is 205 Å². The molecule has 5 rings (SSSR count). The number of aryl methyl sites for hydroxylation is 1. The Balaban J connectivity index is 1.32. The molecule has 0 spiro atoms. The third kappa shape index (κ3) is 5.00. The molecule has 0 aliphatic carbocycles. The molecule has 5 aromatic rings. The van der Waals surface area contributed by atoms with Crippen LogP contribution in [0.4, 0.5) is 18.9 Å². The van der Waals surface area contributed by atoms with Crippen LogP contribution in [-0.2, 0) is 17.4 Å². The quantitative estimate of drug-likeness (QED) is 0.272. The largest absolute Gasteiger partial charge is 0.416 e. The van der Waals surface area contributed by atoms with Crippen molar-refractivity contribution < 1.29 is 18.0 Å². The van der Waals surface area contributed by atoms with E-state index in [4.69, 9.17) is 0 Å². The minimum Gasteiger partial charge on any atom is -0.339 e. The molecule has 2 N–H and O–H groups in total. The van der Waals surface area contributed by atoms with Crippen molar-refractivity contribution in [1.82, 2.24) is 9.97 Å². The number of carbonyl (C=O) groups is 1. The molecule has 0 bridgehead atoms. The van der Waals surface area contributed by atoms with Gasteiger partial charge in [-0.2, -0.15) is 13.2 Å². The predicted molar refractivity (Wildman–Crippen MR) is 135 cm³/mol. The molecule has 4 nitrogen and oxygen atoms in total. The Morgan fingerprint density at radius 1 is 0.917 bits per heavy atom. The number of aromatic nitrogens is 2. The smallest absolute Gasteiger partial charge is 0.339 e. The normalized spacial score (nSPS) is 11.6. The first-order valence-electron chi connectivity index (χ1n) is 11.4. The van der Waals surface area contributed by atoms with Crippen LogP contribution < -0.4 is 5.32 Å². The summed E-state index contributed by atoms with van der Waals surface area (Å²) in [7, 11) is 0. The number of carbonyl (C=O) groups excluding carboxylic acids is 1. The molecule has 2 aromatic heterocycles. The molecular weight excluding hydrogens is 463 g/mol. The average Bonchev–Trinajstić information content (AvgIpc) is 3.28. The van der Waals surface area contributed by atoms with Gasteiger partial charge < -0.3 is 10.3 Å². The minimum atomic E-state index is -4.46. The van der Waals surface area contributed by atoms with Crippen LogP contribution in [0.25, 0.3) is 33.4 Å². The summed E-state index contributed by atoms with van der Waals surface area (Å²) in [5.74, 6) is -0.384. The van der Waals surface area contributed by atoms with Gasteiger partial charge in [0.15, 0.2) is 0 Å². The van der Waals surface area contributed by atoms with Crippen molar-refractivity contribution in [2.24, 2.45) is 0 Å². The summed E-state index contributed by atoms with van der Waals surface area (Å²) >= 11 is 0. The Hall–Kier alpha value is -4.39. The van der Waals surface area contributed by atoms with Gasteiger partial charge in [0.05, 0.1) is 12.0 Å². The summed E-state index contributed by atoms with van der Waals surface area (Å²) in [6, 6.07) is 24.5. The van der Waals surface area contributed by atoms with Crippen LogP contribution in [0.2, 0.25) is 0 Å². The molecule has 0 unspecified atom stereocenters. The number of aromatic amines is 1. The molecule has 0 atom stereocenters. The summed E-state index contributed by atoms with van der Waals surface area (Å²) in [6.45, 7) is 1.96. The number of H-pyrrole nitrogens is 1. The van der Waals surface area contributed by atoms with Crippen molar-refractivity contribution in [2.45, 2.75) is 19.5 Å². The van der Waals surface area contributed by atoms with Crippen molar-refractivity contribution in [3.05, 3.63) is 108 Å². The van der Waals surface area contributed by atoms with E-state index < -0.39 is 11.7 Å². The standard InChI is InChI=1S/C29H22F3N3O/c1-18-12-19(13-27(36)34-24-9-5-8-23(16-24)29(30,31)32)10-11-25(18)22-14-21-15-26(35-28(21)33-17-22)20-6-3-2-4-7-20/h2-12,14-17H,13H2,1H3,(H,33,35)(H,34,36). The van der Waals surface area contributed by atoms with Gasteiger partial charge in [-0.15, -0.1) is 0 Å². The number of nitrogens with one attached hydrogen (secondary N) is 2. The van der Waals surface area contributed by atoms with Gasteiger partial charge in [-0.05, 0) is 59.5 Å². The Morgan fingerprint density at radius 3 is 2.47 bits per heavy atom. The monoisotopic (exact) mass is 485 g/mol. The molecule has 3 aromatic carbocycles. The Morgan fingerprint density at radius 2 is 1.72 bits per heavy atom. The lowest BCUT2D eigenvalue weighted by atomic mass is 9.98. The fourth-order valence-corrected chi connectivity index (χ4v) is 4.26. The van der Waals surface area contributed by atoms with Gasteiger partial charge in [0.2, 0.25) is 5.91 Å². The zero-order valence-corrected chi connectivity index (χ0v) is 19.4. The molecule has 0 aliphatic heterocycles. The summed E-state index contributed by atoms with van der Waals surface area (Å²) in [6.07, 6.45) is -2.60. The number of rotatable bonds is 5. The number of hydrogen-bond donors (Lipinski definition) is 2. The van der Waals surface area contributed by atoms with Gasteiger partial charge in [0.25, 0.3) is 0 Å². The second kappa shape index (κ2) is 9.34. The van der Waals surface area contributed by atoms with Crippen LogP contribution in [0.15, 0.2) is 91.1 Å². The topological polar surface area (TPSA) is 57.8 Å². The Bertz CT molecular complexity index is 1560. The Kier molecular flexibility index (Phi) is 6.06. The first kappa shape index (κ1) is 23.4. The highest BCUT2D eigenvalue weighted by Crippen LogP contribution is 2.31. The fourth-order valence-electron chi connectivity index (χ4n) is 4.26. The van der Waals surface area contributed by atoms with E-state index in [0.29, 0.717) is 0 Å². The second-order valence-electron chi connectivity index (χ2n) is 8.66. The number of fused-ring (bicyclic) bond motifs is 1. The molecule has 2 heterocycles. The van der Waals surface area contributed by atoms with E-state index in [9.17, 15) is 18.0 Å². The van der Waals surface area contributed by atoms with Crippen molar-refractivity contribution in [1.29, 1.82) is 0 Å². The van der Waals surface area contributed by atoms with Crippen LogP contribution in [0.1, 0.15) is 16.7 Å². The maximum Gasteiger partial charge on any atom is 0.416 e. The number of halogens is 3. The van der Waals surface area contributed by atoms with E-state index in [1.165, 1.54) is 12.1 Å². The van der Waals surface area contributed by atoms with E-state index in [1.807, 2.05) is 61.7 Å². The first-order valence-corrected chi connectivity index (χ1v) is 11.4. The summed E-state index contributed by atoms with van der Waals surface area (Å²) in [5, 5.41) is 3.55.